The molecule has 55 heavy (non-hydrogen) atoms. The van der Waals surface area contributed by atoms with Crippen LogP contribution in [0.15, 0.2) is 114 Å². The second-order valence-corrected chi connectivity index (χ2v) is 15.4. The molecule has 1 aliphatic carbocycles. The number of aliphatic hydroxyl groups is 2. The van der Waals surface area contributed by atoms with Crippen molar-refractivity contribution in [3.8, 4) is 11.5 Å². The first-order chi connectivity index (χ1) is 26.7. The molecule has 4 aromatic carbocycles. The van der Waals surface area contributed by atoms with Crippen molar-refractivity contribution in [2.45, 2.75) is 64.6 Å². The summed E-state index contributed by atoms with van der Waals surface area (Å²) in [5, 5.41) is 33.6. The second kappa shape index (κ2) is 17.2. The number of aryl methyl sites for hydroxylation is 2. The summed E-state index contributed by atoms with van der Waals surface area (Å²) >= 11 is 0. The van der Waals surface area contributed by atoms with E-state index in [1.54, 1.807) is 0 Å². The Morgan fingerprint density at radius 2 is 1.49 bits per heavy atom. The van der Waals surface area contributed by atoms with Gasteiger partial charge in [-0.25, -0.2) is 0 Å². The number of benzene rings is 4. The summed E-state index contributed by atoms with van der Waals surface area (Å²) in [5.41, 5.74) is 7.19. The minimum Gasteiger partial charge on any atom is -0.507 e. The van der Waals surface area contributed by atoms with Crippen LogP contribution in [0, 0.1) is 31.6 Å². The topological polar surface area (TPSA) is 111 Å². The number of carbonyl (C=O) groups is 2. The molecule has 2 saturated heterocycles. The van der Waals surface area contributed by atoms with E-state index in [9.17, 15) is 24.9 Å². The van der Waals surface area contributed by atoms with Gasteiger partial charge in [-0.15, -0.1) is 0 Å². The van der Waals surface area contributed by atoms with E-state index in [2.05, 4.69) is 23.1 Å². The van der Waals surface area contributed by atoms with Crippen molar-refractivity contribution in [1.82, 2.24) is 9.80 Å². The molecule has 0 aromatic heterocycles. The number of phenolic OH excluding ortho intramolecular Hbond substituents is 1. The molecule has 4 aromatic rings. The SMILES string of the molecule is Cc1cc(/C=C(/CC[C@@H](O)C2=C(COc3ccccc3)C[C@H]3C(=O)N(C4CCN(Cc5ccccc5)CC4)C(=O)[C@H]3[C@H]2CO)c2ccccc2)cc(C)c1O. The van der Waals surface area contributed by atoms with Crippen LogP contribution in [0.25, 0.3) is 11.6 Å². The third kappa shape index (κ3) is 8.47. The zero-order chi connectivity index (χ0) is 38.5. The molecular formula is C47H52N2O6. The fourth-order valence-corrected chi connectivity index (χ4v) is 9.01. The molecule has 0 bridgehead atoms. The number of imide groups is 1. The highest BCUT2D eigenvalue weighted by atomic mass is 16.5. The summed E-state index contributed by atoms with van der Waals surface area (Å²) in [6.07, 6.45) is 3.65. The monoisotopic (exact) mass is 740 g/mol. The summed E-state index contributed by atoms with van der Waals surface area (Å²) in [6.45, 7) is 5.95. The number of aromatic hydroxyl groups is 1. The maximum atomic E-state index is 14.4. The average Bonchev–Trinajstić information content (AvgIpc) is 3.46. The highest BCUT2D eigenvalue weighted by Gasteiger charge is 2.56. The van der Waals surface area contributed by atoms with E-state index in [1.165, 1.54) is 10.5 Å². The number of allylic oxidation sites excluding steroid dienone is 1. The predicted molar refractivity (Wildman–Crippen MR) is 215 cm³/mol. The van der Waals surface area contributed by atoms with E-state index in [4.69, 9.17) is 4.74 Å². The van der Waals surface area contributed by atoms with Gasteiger partial charge in [0.05, 0.1) is 24.5 Å². The van der Waals surface area contributed by atoms with Crippen LogP contribution in [0.5, 0.6) is 11.5 Å². The minimum atomic E-state index is -0.985. The predicted octanol–water partition coefficient (Wildman–Crippen LogP) is 7.34. The molecule has 4 atom stereocenters. The molecule has 0 saturated carbocycles. The number of ether oxygens (including phenoxy) is 1. The zero-order valence-electron chi connectivity index (χ0n) is 31.8. The molecular weight excluding hydrogens is 689 g/mol. The van der Waals surface area contributed by atoms with Crippen LogP contribution in [0.1, 0.15) is 59.9 Å². The summed E-state index contributed by atoms with van der Waals surface area (Å²) in [6, 6.07) is 33.5. The lowest BCUT2D eigenvalue weighted by atomic mass is 9.68. The Morgan fingerprint density at radius 3 is 2.13 bits per heavy atom. The van der Waals surface area contributed by atoms with Crippen LogP contribution in [-0.4, -0.2) is 75.4 Å². The van der Waals surface area contributed by atoms with Gasteiger partial charge >= 0.3 is 0 Å². The van der Waals surface area contributed by atoms with Gasteiger partial charge in [0.2, 0.25) is 11.8 Å². The molecule has 0 unspecified atom stereocenters. The third-order valence-electron chi connectivity index (χ3n) is 11.8. The van der Waals surface area contributed by atoms with Crippen molar-refractivity contribution >= 4 is 23.5 Å². The number of phenols is 1. The van der Waals surface area contributed by atoms with E-state index >= 15 is 0 Å². The lowest BCUT2D eigenvalue weighted by Crippen LogP contribution is -2.47. The summed E-state index contributed by atoms with van der Waals surface area (Å²) in [4.78, 5) is 32.5. The number of para-hydroxylation sites is 1. The number of aliphatic hydroxyl groups excluding tert-OH is 2. The molecule has 0 radical (unpaired) electrons. The van der Waals surface area contributed by atoms with Crippen molar-refractivity contribution in [2.24, 2.45) is 17.8 Å². The van der Waals surface area contributed by atoms with E-state index in [1.807, 2.05) is 105 Å². The van der Waals surface area contributed by atoms with Crippen molar-refractivity contribution in [3.05, 3.63) is 142 Å². The van der Waals surface area contributed by atoms with Crippen LogP contribution in [0.4, 0.5) is 0 Å². The number of amides is 2. The number of rotatable bonds is 13. The number of fused-ring (bicyclic) bond motifs is 1. The van der Waals surface area contributed by atoms with Crippen LogP contribution in [0.3, 0.4) is 0 Å². The molecule has 2 aliphatic heterocycles. The van der Waals surface area contributed by atoms with Crippen LogP contribution in [-0.2, 0) is 16.1 Å². The molecule has 3 aliphatic rings. The number of carbonyl (C=O) groups excluding carboxylic acids is 2. The second-order valence-electron chi connectivity index (χ2n) is 15.4. The standard InChI is InChI=1S/C47H52N2O6/c1-31-24-34(25-32(2)45(31)52)26-36(35-14-8-4-9-15-35)18-19-42(51)43-37(30-55-39-16-10-5-11-17-39)27-40-44(41(43)29-50)47(54)49(46(40)53)38-20-22-48(23-21-38)28-33-12-6-3-7-13-33/h3-17,24-26,38,40-42,44,50-52H,18-23,27-30H2,1-2H3/b36-26-/t40-,41+,42-,44-/m1/s1. The van der Waals surface area contributed by atoms with Gasteiger partial charge in [-0.2, -0.15) is 0 Å². The van der Waals surface area contributed by atoms with Gasteiger partial charge in [0.15, 0.2) is 0 Å². The van der Waals surface area contributed by atoms with Crippen molar-refractivity contribution in [1.29, 1.82) is 0 Å². The van der Waals surface area contributed by atoms with E-state index in [-0.39, 0.29) is 36.8 Å². The Labute approximate surface area is 324 Å². The van der Waals surface area contributed by atoms with Gasteiger partial charge in [-0.1, -0.05) is 84.9 Å². The first kappa shape index (κ1) is 38.3. The molecule has 2 heterocycles. The average molecular weight is 741 g/mol. The van der Waals surface area contributed by atoms with Crippen LogP contribution in [0.2, 0.25) is 0 Å². The van der Waals surface area contributed by atoms with E-state index in [0.29, 0.717) is 43.4 Å². The van der Waals surface area contributed by atoms with Gasteiger partial charge < -0.3 is 20.1 Å². The third-order valence-corrected chi connectivity index (χ3v) is 11.8. The smallest absolute Gasteiger partial charge is 0.234 e. The quantitative estimate of drug-likeness (QED) is 0.0748. The lowest BCUT2D eigenvalue weighted by Gasteiger charge is -2.37. The highest BCUT2D eigenvalue weighted by Crippen LogP contribution is 2.47. The van der Waals surface area contributed by atoms with Crippen molar-refractivity contribution < 1.29 is 29.6 Å². The number of hydrogen-bond donors (Lipinski definition) is 3. The first-order valence-electron chi connectivity index (χ1n) is 19.6. The summed E-state index contributed by atoms with van der Waals surface area (Å²) in [7, 11) is 0. The van der Waals surface area contributed by atoms with Gasteiger partial charge in [-0.3, -0.25) is 19.4 Å². The summed E-state index contributed by atoms with van der Waals surface area (Å²) in [5.74, 6) is -1.52. The molecule has 7 rings (SSSR count). The number of piperidine rings is 1. The summed E-state index contributed by atoms with van der Waals surface area (Å²) < 4.78 is 6.24. The number of nitrogens with zero attached hydrogens (tertiary/aromatic N) is 2. The molecule has 2 amide bonds. The van der Waals surface area contributed by atoms with Crippen LogP contribution < -0.4 is 4.74 Å². The van der Waals surface area contributed by atoms with Gasteiger partial charge in [0.25, 0.3) is 0 Å². The molecule has 2 fully saturated rings. The Morgan fingerprint density at radius 1 is 0.873 bits per heavy atom. The van der Waals surface area contributed by atoms with Gasteiger partial charge in [0.1, 0.15) is 18.1 Å². The maximum absolute atomic E-state index is 14.4. The fourth-order valence-electron chi connectivity index (χ4n) is 9.01. The maximum Gasteiger partial charge on any atom is 0.234 e. The Balaban J connectivity index is 1.14. The number of likely N-dealkylation sites (tertiary alicyclic amines) is 2. The Hall–Kier alpha value is -5.02. The molecule has 8 heteroatoms. The highest BCUT2D eigenvalue weighted by molar-refractivity contribution is 6.06. The number of hydrogen-bond acceptors (Lipinski definition) is 7. The molecule has 0 spiro atoms. The normalized spacial score (nSPS) is 21.6. The zero-order valence-corrected chi connectivity index (χ0v) is 31.8. The van der Waals surface area contributed by atoms with Gasteiger partial charge in [-0.05, 0) is 115 Å². The Kier molecular flexibility index (Phi) is 12.0. The first-order valence-corrected chi connectivity index (χ1v) is 19.6. The molecule has 8 nitrogen and oxygen atoms in total. The van der Waals surface area contributed by atoms with E-state index < -0.39 is 23.9 Å². The largest absolute Gasteiger partial charge is 0.507 e. The molecule has 286 valence electrons. The minimum absolute atomic E-state index is 0.142. The van der Waals surface area contributed by atoms with Crippen LogP contribution >= 0.6 is 0 Å². The van der Waals surface area contributed by atoms with E-state index in [0.717, 1.165) is 53.0 Å². The fraction of sp³-hybridized carbons (Fsp3) is 0.362. The van der Waals surface area contributed by atoms with Gasteiger partial charge in [0, 0.05) is 31.6 Å². The molecule has 3 N–H and O–H groups in total. The Bertz CT molecular complexity index is 2000. The lowest BCUT2D eigenvalue weighted by molar-refractivity contribution is -0.144. The van der Waals surface area contributed by atoms with Crippen molar-refractivity contribution in [2.75, 3.05) is 26.3 Å². The van der Waals surface area contributed by atoms with Crippen molar-refractivity contribution in [3.63, 3.8) is 0 Å².